The van der Waals surface area contributed by atoms with Crippen molar-refractivity contribution >= 4 is 5.69 Å². The van der Waals surface area contributed by atoms with Crippen molar-refractivity contribution in [3.8, 4) is 5.75 Å². The quantitative estimate of drug-likeness (QED) is 0.853. The maximum Gasteiger partial charge on any atom is 0.123 e. The molecule has 0 amide bonds. The fourth-order valence-corrected chi connectivity index (χ4v) is 1.50. The third kappa shape index (κ3) is 2.57. The SMILES string of the molecule is COc1cccc(NCc2ccc(C)o2)c1. The van der Waals surface area contributed by atoms with Crippen molar-refractivity contribution in [2.75, 3.05) is 12.4 Å². The Labute approximate surface area is 95.0 Å². The third-order valence-corrected chi connectivity index (χ3v) is 2.33. The molecule has 0 saturated carbocycles. The molecule has 0 bridgehead atoms. The molecule has 0 atom stereocenters. The zero-order valence-corrected chi connectivity index (χ0v) is 9.49. The number of anilines is 1. The molecule has 0 spiro atoms. The molecule has 3 nitrogen and oxygen atoms in total. The van der Waals surface area contributed by atoms with E-state index in [0.29, 0.717) is 6.54 Å². The van der Waals surface area contributed by atoms with Crippen molar-refractivity contribution in [3.63, 3.8) is 0 Å². The number of aryl methyl sites for hydroxylation is 1. The number of furan rings is 1. The molecule has 1 aromatic carbocycles. The maximum atomic E-state index is 5.47. The van der Waals surface area contributed by atoms with Crippen LogP contribution in [0.2, 0.25) is 0 Å². The topological polar surface area (TPSA) is 34.4 Å². The van der Waals surface area contributed by atoms with Crippen molar-refractivity contribution in [1.82, 2.24) is 0 Å². The summed E-state index contributed by atoms with van der Waals surface area (Å²) in [6, 6.07) is 11.8. The Hall–Kier alpha value is -1.90. The average molecular weight is 217 g/mol. The van der Waals surface area contributed by atoms with Crippen molar-refractivity contribution in [1.29, 1.82) is 0 Å². The number of methoxy groups -OCH3 is 1. The largest absolute Gasteiger partial charge is 0.497 e. The van der Waals surface area contributed by atoms with Gasteiger partial charge in [0, 0.05) is 11.8 Å². The van der Waals surface area contributed by atoms with Gasteiger partial charge in [-0.3, -0.25) is 0 Å². The first kappa shape index (κ1) is 10.6. The van der Waals surface area contributed by atoms with E-state index in [9.17, 15) is 0 Å². The van der Waals surface area contributed by atoms with Crippen molar-refractivity contribution in [3.05, 3.63) is 47.9 Å². The van der Waals surface area contributed by atoms with Crippen LogP contribution >= 0.6 is 0 Å². The lowest BCUT2D eigenvalue weighted by atomic mass is 10.3. The van der Waals surface area contributed by atoms with Gasteiger partial charge in [0.1, 0.15) is 17.3 Å². The Morgan fingerprint density at radius 3 is 2.81 bits per heavy atom. The van der Waals surface area contributed by atoms with Crippen LogP contribution in [-0.4, -0.2) is 7.11 Å². The van der Waals surface area contributed by atoms with Gasteiger partial charge in [-0.25, -0.2) is 0 Å². The van der Waals surface area contributed by atoms with E-state index in [1.807, 2.05) is 43.3 Å². The lowest BCUT2D eigenvalue weighted by molar-refractivity contribution is 0.415. The van der Waals surface area contributed by atoms with Crippen molar-refractivity contribution < 1.29 is 9.15 Å². The van der Waals surface area contributed by atoms with E-state index in [1.54, 1.807) is 7.11 Å². The summed E-state index contributed by atoms with van der Waals surface area (Å²) in [4.78, 5) is 0. The first-order valence-corrected chi connectivity index (χ1v) is 5.21. The number of ether oxygens (including phenoxy) is 1. The van der Waals surface area contributed by atoms with E-state index in [1.165, 1.54) is 0 Å². The molecule has 0 saturated heterocycles. The van der Waals surface area contributed by atoms with Crippen LogP contribution in [0.3, 0.4) is 0 Å². The molecular formula is C13H15NO2. The number of hydrogen-bond donors (Lipinski definition) is 1. The van der Waals surface area contributed by atoms with Gasteiger partial charge < -0.3 is 14.5 Å². The molecule has 0 aliphatic carbocycles. The monoisotopic (exact) mass is 217 g/mol. The van der Waals surface area contributed by atoms with E-state index in [0.717, 1.165) is 23.0 Å². The van der Waals surface area contributed by atoms with Crippen molar-refractivity contribution in [2.45, 2.75) is 13.5 Å². The van der Waals surface area contributed by atoms with E-state index in [2.05, 4.69) is 5.32 Å². The van der Waals surface area contributed by atoms with Crippen LogP contribution in [0.1, 0.15) is 11.5 Å². The van der Waals surface area contributed by atoms with Gasteiger partial charge in [0.15, 0.2) is 0 Å². The second kappa shape index (κ2) is 4.75. The summed E-state index contributed by atoms with van der Waals surface area (Å²) < 4.78 is 10.6. The number of rotatable bonds is 4. The molecule has 0 fully saturated rings. The summed E-state index contributed by atoms with van der Waals surface area (Å²) in [5.74, 6) is 2.71. The smallest absolute Gasteiger partial charge is 0.123 e. The summed E-state index contributed by atoms with van der Waals surface area (Å²) in [6.45, 7) is 2.62. The lowest BCUT2D eigenvalue weighted by Crippen LogP contribution is -1.98. The van der Waals surface area contributed by atoms with Gasteiger partial charge in [-0.15, -0.1) is 0 Å². The van der Waals surface area contributed by atoms with Crippen molar-refractivity contribution in [2.24, 2.45) is 0 Å². The minimum Gasteiger partial charge on any atom is -0.497 e. The van der Waals surface area contributed by atoms with E-state index < -0.39 is 0 Å². The fraction of sp³-hybridized carbons (Fsp3) is 0.231. The summed E-state index contributed by atoms with van der Waals surface area (Å²) >= 11 is 0. The molecule has 3 heteroatoms. The Kier molecular flexibility index (Phi) is 3.15. The van der Waals surface area contributed by atoms with E-state index in [4.69, 9.17) is 9.15 Å². The van der Waals surface area contributed by atoms with E-state index >= 15 is 0 Å². The Morgan fingerprint density at radius 2 is 2.12 bits per heavy atom. The van der Waals surface area contributed by atoms with Crippen LogP contribution in [0.5, 0.6) is 5.75 Å². The predicted octanol–water partition coefficient (Wildman–Crippen LogP) is 3.21. The summed E-state index contributed by atoms with van der Waals surface area (Å²) in [5.41, 5.74) is 1.02. The van der Waals surface area contributed by atoms with Gasteiger partial charge in [-0.1, -0.05) is 6.07 Å². The number of benzene rings is 1. The molecule has 84 valence electrons. The molecule has 0 aliphatic heterocycles. The predicted molar refractivity (Wildman–Crippen MR) is 63.8 cm³/mol. The zero-order valence-electron chi connectivity index (χ0n) is 9.49. The highest BCUT2D eigenvalue weighted by Crippen LogP contribution is 2.17. The maximum absolute atomic E-state index is 5.47. The van der Waals surface area contributed by atoms with Crippen LogP contribution in [-0.2, 0) is 6.54 Å². The normalized spacial score (nSPS) is 10.1. The molecule has 0 radical (unpaired) electrons. The Bertz CT molecular complexity index is 462. The average Bonchev–Trinajstić information content (AvgIpc) is 2.73. The molecule has 16 heavy (non-hydrogen) atoms. The highest BCUT2D eigenvalue weighted by Gasteiger charge is 1.99. The third-order valence-electron chi connectivity index (χ3n) is 2.33. The standard InChI is InChI=1S/C13H15NO2/c1-10-6-7-13(16-10)9-14-11-4-3-5-12(8-11)15-2/h3-8,14H,9H2,1-2H3. The minimum absolute atomic E-state index is 0.682. The van der Waals surface area contributed by atoms with Gasteiger partial charge in [-0.2, -0.15) is 0 Å². The molecule has 0 aliphatic rings. The number of hydrogen-bond acceptors (Lipinski definition) is 3. The van der Waals surface area contributed by atoms with Gasteiger partial charge in [-0.05, 0) is 31.2 Å². The van der Waals surface area contributed by atoms with Gasteiger partial charge >= 0.3 is 0 Å². The van der Waals surface area contributed by atoms with Crippen LogP contribution in [0.15, 0.2) is 40.8 Å². The molecule has 1 N–H and O–H groups in total. The number of nitrogens with one attached hydrogen (secondary N) is 1. The van der Waals surface area contributed by atoms with Gasteiger partial charge in [0.25, 0.3) is 0 Å². The highest BCUT2D eigenvalue weighted by molar-refractivity contribution is 5.48. The molecule has 2 rings (SSSR count). The molecule has 2 aromatic rings. The van der Waals surface area contributed by atoms with Gasteiger partial charge in [0.05, 0.1) is 13.7 Å². The summed E-state index contributed by atoms with van der Waals surface area (Å²) in [7, 11) is 1.66. The second-order valence-electron chi connectivity index (χ2n) is 3.60. The Morgan fingerprint density at radius 1 is 1.25 bits per heavy atom. The van der Waals surface area contributed by atoms with E-state index in [-0.39, 0.29) is 0 Å². The minimum atomic E-state index is 0.682. The summed E-state index contributed by atoms with van der Waals surface area (Å²) in [5, 5.41) is 3.28. The Balaban J connectivity index is 1.99. The fourth-order valence-electron chi connectivity index (χ4n) is 1.50. The van der Waals surface area contributed by atoms with Crippen LogP contribution in [0.25, 0.3) is 0 Å². The van der Waals surface area contributed by atoms with Crippen LogP contribution in [0.4, 0.5) is 5.69 Å². The second-order valence-corrected chi connectivity index (χ2v) is 3.60. The lowest BCUT2D eigenvalue weighted by Gasteiger charge is -2.06. The van der Waals surface area contributed by atoms with Crippen LogP contribution < -0.4 is 10.1 Å². The van der Waals surface area contributed by atoms with Gasteiger partial charge in [0.2, 0.25) is 0 Å². The molecule has 1 aromatic heterocycles. The summed E-state index contributed by atoms with van der Waals surface area (Å²) in [6.07, 6.45) is 0. The molecular weight excluding hydrogens is 202 g/mol. The molecule has 0 unspecified atom stereocenters. The first-order valence-electron chi connectivity index (χ1n) is 5.21. The molecule has 1 heterocycles. The zero-order chi connectivity index (χ0) is 11.4. The first-order chi connectivity index (χ1) is 7.78. The van der Waals surface area contributed by atoms with Crippen LogP contribution in [0, 0.1) is 6.92 Å². The highest BCUT2D eigenvalue weighted by atomic mass is 16.5.